The molecule has 0 bridgehead atoms. The molecule has 2 amide bonds. The van der Waals surface area contributed by atoms with Gasteiger partial charge in [-0.25, -0.2) is 0 Å². The maximum absolute atomic E-state index is 15.0. The molecule has 2 N–H and O–H groups in total. The van der Waals surface area contributed by atoms with Crippen LogP contribution in [0, 0.1) is 67.5 Å². The number of rotatable bonds is 10. The van der Waals surface area contributed by atoms with E-state index in [2.05, 4.69) is 58.8 Å². The van der Waals surface area contributed by atoms with E-state index >= 15 is 4.79 Å². The van der Waals surface area contributed by atoms with Gasteiger partial charge in [-0.2, -0.15) is 0 Å². The summed E-state index contributed by atoms with van der Waals surface area (Å²) in [5.41, 5.74) is 0.928. The van der Waals surface area contributed by atoms with Crippen LogP contribution in [-0.4, -0.2) is 41.2 Å². The Balaban J connectivity index is 0.942. The second kappa shape index (κ2) is 15.9. The van der Waals surface area contributed by atoms with Gasteiger partial charge in [0.25, 0.3) is 0 Å². The minimum atomic E-state index is -1.25. The molecule has 9 rings (SSSR count). The summed E-state index contributed by atoms with van der Waals surface area (Å²) in [7, 11) is 0. The Morgan fingerprint density at radius 2 is 1.46 bits per heavy atom. The normalized spacial score (nSPS) is 38.2. The van der Waals surface area contributed by atoms with Gasteiger partial charge < -0.3 is 20.1 Å². The van der Waals surface area contributed by atoms with Gasteiger partial charge in [0.15, 0.2) is 5.78 Å². The lowest BCUT2D eigenvalue weighted by Crippen LogP contribution is -2.75. The molecule has 0 radical (unpaired) electrons. The van der Waals surface area contributed by atoms with Gasteiger partial charge in [-0.15, -0.1) is 0 Å². The molecule has 0 aliphatic heterocycles. The van der Waals surface area contributed by atoms with Crippen molar-refractivity contribution in [2.75, 3.05) is 5.32 Å². The smallest absolute Gasteiger partial charge is 0.309 e. The van der Waals surface area contributed by atoms with E-state index in [-0.39, 0.29) is 93.5 Å². The fraction of sp³-hybridized carbons (Fsp3) is 0.632. The molecule has 1 spiro atoms. The minimum absolute atomic E-state index is 0.0389. The first kappa shape index (κ1) is 47.8. The van der Waals surface area contributed by atoms with Crippen LogP contribution < -0.4 is 10.6 Å². The molecule has 2 aromatic carbocycles. The van der Waals surface area contributed by atoms with Crippen LogP contribution in [0.1, 0.15) is 145 Å². The first-order chi connectivity index (χ1) is 31.3. The van der Waals surface area contributed by atoms with Crippen LogP contribution >= 0.6 is 11.6 Å². The molecule has 0 saturated heterocycles. The van der Waals surface area contributed by atoms with E-state index in [0.717, 1.165) is 68.1 Å². The molecule has 6 fully saturated rings. The summed E-state index contributed by atoms with van der Waals surface area (Å²) in [6.07, 6.45) is 8.11. The Bertz CT molecular complexity index is 2460. The first-order valence-electron chi connectivity index (χ1n) is 25.1. The van der Waals surface area contributed by atoms with E-state index in [0.29, 0.717) is 29.5 Å². The molecular weight excluding hydrogens is 860 g/mol. The largest absolute Gasteiger partial charge is 0.461 e. The van der Waals surface area contributed by atoms with Gasteiger partial charge in [-0.3, -0.25) is 24.0 Å². The molecule has 360 valence electrons. The van der Waals surface area contributed by atoms with Gasteiger partial charge >= 0.3 is 11.9 Å². The van der Waals surface area contributed by atoms with Crippen LogP contribution in [0.2, 0.25) is 5.02 Å². The summed E-state index contributed by atoms with van der Waals surface area (Å²) in [6.45, 7) is 26.4. The average molecular weight is 934 g/mol. The molecule has 11 atom stereocenters. The first-order valence-corrected chi connectivity index (χ1v) is 25.5. The monoisotopic (exact) mass is 933 g/mol. The number of carbonyl (C=O) groups excluding carboxylic acids is 5. The molecule has 67 heavy (non-hydrogen) atoms. The van der Waals surface area contributed by atoms with Crippen LogP contribution in [0.4, 0.5) is 5.69 Å². The fourth-order valence-corrected chi connectivity index (χ4v) is 16.4. The van der Waals surface area contributed by atoms with Crippen molar-refractivity contribution in [3.63, 3.8) is 0 Å². The molecule has 9 nitrogen and oxygen atoms in total. The number of Topliss-reactive ketones (excluding diaryl/α,β-unsaturated/α-hetero) is 1. The number of ketones is 1. The van der Waals surface area contributed by atoms with Crippen molar-refractivity contribution in [1.29, 1.82) is 0 Å². The average Bonchev–Trinajstić information content (AvgIpc) is 3.59. The number of benzene rings is 2. The maximum Gasteiger partial charge on any atom is 0.309 e. The van der Waals surface area contributed by atoms with E-state index in [1.165, 1.54) is 5.57 Å². The Labute approximate surface area is 403 Å². The van der Waals surface area contributed by atoms with Gasteiger partial charge in [0.2, 0.25) is 11.8 Å². The SMILES string of the molecule is C=C1C[C@@]23CC[C@]4(C)[C@H](CC[C@@H]5C6=C(C(C)C)C(=O)C[C@]6(C(=O)NC(C)(C)C(=O)Nc6ccc(Cl)cc6)CC[C@]54C)[C@@]2(C)CC[C@H](OC(=O)[C@H]2C[C@@H](C(=O)OCc4ccccc4)C2(C)C)[C@@]13C. The predicted molar refractivity (Wildman–Crippen MR) is 260 cm³/mol. The molecule has 2 aromatic rings. The quantitative estimate of drug-likeness (QED) is 0.179. The number of fused-ring (bicyclic) bond motifs is 6. The molecule has 0 unspecified atom stereocenters. The Morgan fingerprint density at radius 1 is 0.806 bits per heavy atom. The van der Waals surface area contributed by atoms with Crippen LogP contribution in [0.3, 0.4) is 0 Å². The number of amides is 2. The third-order valence-electron chi connectivity index (χ3n) is 20.7. The third-order valence-corrected chi connectivity index (χ3v) is 21.0. The standard InChI is InChI=1S/C57H73ClN2O7/c1-33(2)44-41(61)31-56(49(65)60-51(6,7)48(64)59-37-19-17-36(58)18-20-37)27-25-52(8)38(45(44)56)21-22-42-53(52,9)26-28-57-30-34(3)55(57,11)43(23-24-54(42,57)10)67-47(63)40-29-39(50(40,4)5)46(62)66-32-35-15-13-12-14-16-35/h12-20,33,38-40,42-43H,3,21-32H2,1-2,4-11H3,(H,59,64)(H,60,65)/t38-,39+,40-,42+,43+,52-,53-,54-,55-,56-,57+/m1/s1. The van der Waals surface area contributed by atoms with E-state index < -0.39 is 22.3 Å². The van der Waals surface area contributed by atoms with Crippen LogP contribution in [0.15, 0.2) is 77.9 Å². The number of allylic oxidation sites excluding steroid dienone is 1. The molecular formula is C57H73ClN2O7. The predicted octanol–water partition coefficient (Wildman–Crippen LogP) is 11.8. The zero-order valence-corrected chi connectivity index (χ0v) is 42.3. The van der Waals surface area contributed by atoms with Crippen molar-refractivity contribution in [3.8, 4) is 0 Å². The minimum Gasteiger partial charge on any atom is -0.461 e. The summed E-state index contributed by atoms with van der Waals surface area (Å²) in [5, 5.41) is 6.67. The van der Waals surface area contributed by atoms with Gasteiger partial charge in [0, 0.05) is 22.5 Å². The van der Waals surface area contributed by atoms with Crippen molar-refractivity contribution in [3.05, 3.63) is 88.5 Å². The topological polar surface area (TPSA) is 128 Å². The number of hydrogen-bond donors (Lipinski definition) is 2. The number of ether oxygens (including phenoxy) is 2. The number of anilines is 1. The van der Waals surface area contributed by atoms with Crippen molar-refractivity contribution < 1.29 is 33.4 Å². The van der Waals surface area contributed by atoms with Crippen LogP contribution in [-0.2, 0) is 40.1 Å². The van der Waals surface area contributed by atoms with Crippen LogP contribution in [0.5, 0.6) is 0 Å². The molecule has 7 aliphatic rings. The van der Waals surface area contributed by atoms with Gasteiger partial charge in [-0.05, 0) is 164 Å². The molecule has 10 heteroatoms. The molecule has 6 saturated carbocycles. The highest BCUT2D eigenvalue weighted by atomic mass is 35.5. The zero-order valence-electron chi connectivity index (χ0n) is 41.6. The zero-order chi connectivity index (χ0) is 48.5. The van der Waals surface area contributed by atoms with E-state index in [9.17, 15) is 19.2 Å². The molecule has 0 aromatic heterocycles. The fourth-order valence-electron chi connectivity index (χ4n) is 16.3. The summed E-state index contributed by atoms with van der Waals surface area (Å²) >= 11 is 6.10. The number of halogens is 1. The van der Waals surface area contributed by atoms with Crippen molar-refractivity contribution in [2.45, 2.75) is 158 Å². The second-order valence-corrected chi connectivity index (χ2v) is 24.9. The summed E-state index contributed by atoms with van der Waals surface area (Å²) in [4.78, 5) is 70.6. The maximum atomic E-state index is 15.0. The summed E-state index contributed by atoms with van der Waals surface area (Å²) in [6, 6.07) is 16.6. The second-order valence-electron chi connectivity index (χ2n) is 24.4. The van der Waals surface area contributed by atoms with Gasteiger partial charge in [0.1, 0.15) is 18.2 Å². The Morgan fingerprint density at radius 3 is 2.10 bits per heavy atom. The lowest BCUT2D eigenvalue weighted by molar-refractivity contribution is -0.296. The lowest BCUT2D eigenvalue weighted by atomic mass is 9.24. The summed E-state index contributed by atoms with van der Waals surface area (Å²) < 4.78 is 12.4. The Hall–Kier alpha value is -4.24. The number of esters is 2. The van der Waals surface area contributed by atoms with Gasteiger partial charge in [-0.1, -0.05) is 109 Å². The number of nitrogens with one attached hydrogen (secondary N) is 2. The van der Waals surface area contributed by atoms with Gasteiger partial charge in [0.05, 0.1) is 17.3 Å². The molecule has 0 heterocycles. The summed E-state index contributed by atoms with van der Waals surface area (Å²) in [5.74, 6) is -1.36. The lowest BCUT2D eigenvalue weighted by Gasteiger charge is -2.80. The van der Waals surface area contributed by atoms with Crippen molar-refractivity contribution in [1.82, 2.24) is 5.32 Å². The third kappa shape index (κ3) is 6.68. The highest BCUT2D eigenvalue weighted by molar-refractivity contribution is 6.30. The van der Waals surface area contributed by atoms with Crippen LogP contribution in [0.25, 0.3) is 0 Å². The number of carbonyl (C=O) groups is 5. The highest BCUT2D eigenvalue weighted by Gasteiger charge is 2.79. The highest BCUT2D eigenvalue weighted by Crippen LogP contribution is 2.84. The number of hydrogen-bond acceptors (Lipinski definition) is 7. The van der Waals surface area contributed by atoms with E-state index in [4.69, 9.17) is 21.1 Å². The van der Waals surface area contributed by atoms with E-state index in [1.54, 1.807) is 38.1 Å². The molecule has 7 aliphatic carbocycles. The Kier molecular flexibility index (Phi) is 11.3. The van der Waals surface area contributed by atoms with E-state index in [1.807, 2.05) is 44.2 Å². The van der Waals surface area contributed by atoms with Crippen molar-refractivity contribution in [2.24, 2.45) is 67.5 Å². The van der Waals surface area contributed by atoms with Crippen molar-refractivity contribution >= 4 is 46.8 Å².